The number of hydrogen-bond donors (Lipinski definition) is 1. The normalized spacial score (nSPS) is 29.9. The van der Waals surface area contributed by atoms with E-state index in [0.29, 0.717) is 0 Å². The number of nitrogens with zero attached hydrogens (tertiary/aromatic N) is 1. The van der Waals surface area contributed by atoms with E-state index in [-0.39, 0.29) is 11.5 Å². The van der Waals surface area contributed by atoms with E-state index in [1.165, 1.54) is 0 Å². The molecule has 0 unspecified atom stereocenters. The molecule has 1 aliphatic carbocycles. The van der Waals surface area contributed by atoms with Crippen LogP contribution in [0.1, 0.15) is 58.4 Å². The Labute approximate surface area is 158 Å². The van der Waals surface area contributed by atoms with Gasteiger partial charge < -0.3 is 14.7 Å². The zero-order valence-corrected chi connectivity index (χ0v) is 16.9. The standard InChI is InChI=1S/C20H28BrNO3/c1-18(2,3)25-17(23)22-12-11-19(14-22)7-9-20(24,10-8-19)15-5-4-6-16(21)13-15/h4-6,13,24H,7-12,14H2,1-3H3. The van der Waals surface area contributed by atoms with Gasteiger partial charge in [0.05, 0.1) is 5.60 Å². The molecule has 0 radical (unpaired) electrons. The summed E-state index contributed by atoms with van der Waals surface area (Å²) in [5, 5.41) is 11.1. The van der Waals surface area contributed by atoms with Gasteiger partial charge in [-0.25, -0.2) is 4.79 Å². The molecule has 25 heavy (non-hydrogen) atoms. The quantitative estimate of drug-likeness (QED) is 0.721. The third kappa shape index (κ3) is 4.20. The Balaban J connectivity index is 1.63. The Morgan fingerprint density at radius 1 is 1.20 bits per heavy atom. The number of amides is 1. The molecule has 1 N–H and O–H groups in total. The van der Waals surface area contributed by atoms with Crippen molar-refractivity contribution in [2.24, 2.45) is 5.41 Å². The van der Waals surface area contributed by atoms with Gasteiger partial charge in [0.1, 0.15) is 5.60 Å². The maximum Gasteiger partial charge on any atom is 0.410 e. The molecule has 2 aliphatic rings. The predicted molar refractivity (Wildman–Crippen MR) is 101 cm³/mol. The molecule has 1 amide bonds. The molecule has 0 bridgehead atoms. The van der Waals surface area contributed by atoms with Crippen LogP contribution in [-0.4, -0.2) is 34.8 Å². The maximum atomic E-state index is 12.3. The largest absolute Gasteiger partial charge is 0.444 e. The first-order valence-corrected chi connectivity index (χ1v) is 9.87. The SMILES string of the molecule is CC(C)(C)OC(=O)N1CCC2(CCC(O)(c3cccc(Br)c3)CC2)C1. The molecule has 1 saturated heterocycles. The third-order valence-electron chi connectivity index (χ3n) is 5.59. The highest BCUT2D eigenvalue weighted by Crippen LogP contribution is 2.50. The van der Waals surface area contributed by atoms with Crippen LogP contribution in [0.15, 0.2) is 28.7 Å². The van der Waals surface area contributed by atoms with Crippen molar-refractivity contribution in [2.45, 2.75) is 64.1 Å². The fourth-order valence-electron chi connectivity index (χ4n) is 4.09. The minimum atomic E-state index is -0.756. The lowest BCUT2D eigenvalue weighted by Crippen LogP contribution is -2.40. The van der Waals surface area contributed by atoms with E-state index in [9.17, 15) is 9.90 Å². The van der Waals surface area contributed by atoms with Crippen molar-refractivity contribution in [1.82, 2.24) is 4.90 Å². The maximum absolute atomic E-state index is 12.3. The van der Waals surface area contributed by atoms with E-state index < -0.39 is 11.2 Å². The summed E-state index contributed by atoms with van der Waals surface area (Å²) in [7, 11) is 0. The summed E-state index contributed by atoms with van der Waals surface area (Å²) in [6, 6.07) is 7.97. The van der Waals surface area contributed by atoms with Crippen molar-refractivity contribution >= 4 is 22.0 Å². The number of halogens is 1. The van der Waals surface area contributed by atoms with Crippen LogP contribution in [-0.2, 0) is 10.3 Å². The van der Waals surface area contributed by atoms with Crippen LogP contribution >= 0.6 is 15.9 Å². The second-order valence-electron chi connectivity index (χ2n) is 8.69. The smallest absolute Gasteiger partial charge is 0.410 e. The lowest BCUT2D eigenvalue weighted by Gasteiger charge is -2.42. The van der Waals surface area contributed by atoms with Gasteiger partial charge in [0.15, 0.2) is 0 Å². The molecule has 4 nitrogen and oxygen atoms in total. The zero-order valence-electron chi connectivity index (χ0n) is 15.3. The van der Waals surface area contributed by atoms with Crippen molar-refractivity contribution in [3.8, 4) is 0 Å². The summed E-state index contributed by atoms with van der Waals surface area (Å²) >= 11 is 3.49. The lowest BCUT2D eigenvalue weighted by atomic mass is 9.66. The molecule has 0 atom stereocenters. The van der Waals surface area contributed by atoms with Crippen molar-refractivity contribution < 1.29 is 14.6 Å². The molecule has 1 aromatic carbocycles. The Kier molecular flexibility index (Phi) is 4.93. The van der Waals surface area contributed by atoms with Crippen LogP contribution in [0.3, 0.4) is 0 Å². The molecule has 5 heteroatoms. The summed E-state index contributed by atoms with van der Waals surface area (Å²) in [5.41, 5.74) is -0.0946. The van der Waals surface area contributed by atoms with E-state index in [1.54, 1.807) is 0 Å². The molecule has 1 saturated carbocycles. The van der Waals surface area contributed by atoms with Gasteiger partial charge >= 0.3 is 6.09 Å². The Bertz CT molecular complexity index is 645. The first kappa shape index (κ1) is 18.7. The second kappa shape index (κ2) is 6.58. The van der Waals surface area contributed by atoms with Gasteiger partial charge in [0, 0.05) is 17.6 Å². The number of benzene rings is 1. The van der Waals surface area contributed by atoms with Gasteiger partial charge in [-0.05, 0) is 76.0 Å². The zero-order chi connectivity index (χ0) is 18.3. The summed E-state index contributed by atoms with van der Waals surface area (Å²) in [4.78, 5) is 14.2. The second-order valence-corrected chi connectivity index (χ2v) is 9.61. The minimum Gasteiger partial charge on any atom is -0.444 e. The monoisotopic (exact) mass is 409 g/mol. The highest BCUT2D eigenvalue weighted by molar-refractivity contribution is 9.10. The molecule has 0 aromatic heterocycles. The van der Waals surface area contributed by atoms with Gasteiger partial charge in [-0.3, -0.25) is 0 Å². The topological polar surface area (TPSA) is 49.8 Å². The number of hydrogen-bond acceptors (Lipinski definition) is 3. The van der Waals surface area contributed by atoms with Gasteiger partial charge in [-0.2, -0.15) is 0 Å². The lowest BCUT2D eigenvalue weighted by molar-refractivity contribution is -0.0373. The number of likely N-dealkylation sites (tertiary alicyclic amines) is 1. The van der Waals surface area contributed by atoms with Crippen molar-refractivity contribution in [2.75, 3.05) is 13.1 Å². The first-order valence-electron chi connectivity index (χ1n) is 9.07. The number of aliphatic hydroxyl groups is 1. The average molecular weight is 410 g/mol. The Morgan fingerprint density at radius 2 is 1.88 bits per heavy atom. The van der Waals surface area contributed by atoms with Gasteiger partial charge in [0.25, 0.3) is 0 Å². The van der Waals surface area contributed by atoms with Crippen LogP contribution in [0.4, 0.5) is 4.79 Å². The molecule has 1 heterocycles. The van der Waals surface area contributed by atoms with Crippen LogP contribution in [0.2, 0.25) is 0 Å². The van der Waals surface area contributed by atoms with Crippen LogP contribution < -0.4 is 0 Å². The predicted octanol–water partition coefficient (Wildman–Crippen LogP) is 4.84. The summed E-state index contributed by atoms with van der Waals surface area (Å²) < 4.78 is 6.51. The van der Waals surface area contributed by atoms with Crippen LogP contribution in [0, 0.1) is 5.41 Å². The van der Waals surface area contributed by atoms with Crippen molar-refractivity contribution in [3.05, 3.63) is 34.3 Å². The molecule has 1 aromatic rings. The van der Waals surface area contributed by atoms with E-state index >= 15 is 0 Å². The third-order valence-corrected chi connectivity index (χ3v) is 6.08. The molecular formula is C20H28BrNO3. The number of carbonyl (C=O) groups excluding carboxylic acids is 1. The van der Waals surface area contributed by atoms with Crippen LogP contribution in [0.5, 0.6) is 0 Å². The van der Waals surface area contributed by atoms with Gasteiger partial charge in [0.2, 0.25) is 0 Å². The summed E-state index contributed by atoms with van der Waals surface area (Å²) in [5.74, 6) is 0. The molecule has 1 aliphatic heterocycles. The molecule has 1 spiro atoms. The Morgan fingerprint density at radius 3 is 2.48 bits per heavy atom. The number of ether oxygens (including phenoxy) is 1. The van der Waals surface area contributed by atoms with E-state index in [1.807, 2.05) is 49.9 Å². The Hall–Kier alpha value is -1.07. The molecular weight excluding hydrogens is 382 g/mol. The molecule has 138 valence electrons. The average Bonchev–Trinajstić information content (AvgIpc) is 2.94. The van der Waals surface area contributed by atoms with E-state index in [4.69, 9.17) is 4.74 Å². The summed E-state index contributed by atoms with van der Waals surface area (Å²) in [6.07, 6.45) is 4.15. The highest BCUT2D eigenvalue weighted by atomic mass is 79.9. The fraction of sp³-hybridized carbons (Fsp3) is 0.650. The highest BCUT2D eigenvalue weighted by Gasteiger charge is 2.47. The molecule has 2 fully saturated rings. The van der Waals surface area contributed by atoms with E-state index in [0.717, 1.165) is 55.2 Å². The van der Waals surface area contributed by atoms with Crippen LogP contribution in [0.25, 0.3) is 0 Å². The van der Waals surface area contributed by atoms with Crippen molar-refractivity contribution in [1.29, 1.82) is 0 Å². The fourth-order valence-corrected chi connectivity index (χ4v) is 4.49. The van der Waals surface area contributed by atoms with E-state index in [2.05, 4.69) is 15.9 Å². The van der Waals surface area contributed by atoms with Gasteiger partial charge in [-0.1, -0.05) is 28.1 Å². The number of carbonyl (C=O) groups is 1. The summed E-state index contributed by atoms with van der Waals surface area (Å²) in [6.45, 7) is 7.20. The number of rotatable bonds is 1. The minimum absolute atomic E-state index is 0.134. The van der Waals surface area contributed by atoms with Gasteiger partial charge in [-0.15, -0.1) is 0 Å². The molecule has 3 rings (SSSR count). The first-order chi connectivity index (χ1) is 11.6. The van der Waals surface area contributed by atoms with Crippen molar-refractivity contribution in [3.63, 3.8) is 0 Å².